The van der Waals surface area contributed by atoms with Crippen LogP contribution in [0.1, 0.15) is 19.6 Å². The summed E-state index contributed by atoms with van der Waals surface area (Å²) in [5.41, 5.74) is 1.07. The summed E-state index contributed by atoms with van der Waals surface area (Å²) in [7, 11) is 0. The molecule has 0 spiro atoms. The molecule has 1 aromatic heterocycles. The highest BCUT2D eigenvalue weighted by molar-refractivity contribution is 7.15. The molecule has 0 fully saturated rings. The molecular weight excluding hydrogens is 384 g/mol. The zero-order valence-electron chi connectivity index (χ0n) is 14.3. The molecule has 1 heterocycles. The number of carboxylic acid groups (broad SMARTS) is 1. The third-order valence-corrected chi connectivity index (χ3v) is 4.24. The molecule has 3 N–H and O–H groups in total. The summed E-state index contributed by atoms with van der Waals surface area (Å²) < 4.78 is 5.01. The summed E-state index contributed by atoms with van der Waals surface area (Å²) in [6, 6.07) is 15.0. The van der Waals surface area contributed by atoms with Crippen molar-refractivity contribution in [2.24, 2.45) is 0 Å². The van der Waals surface area contributed by atoms with Gasteiger partial charge in [-0.15, -0.1) is 10.2 Å². The summed E-state index contributed by atoms with van der Waals surface area (Å²) in [6.45, 7) is -0.454. The van der Waals surface area contributed by atoms with Crippen molar-refractivity contribution < 1.29 is 24.2 Å². The minimum atomic E-state index is -1.08. The molecular formula is C18H14N4O5S. The van der Waals surface area contributed by atoms with Gasteiger partial charge >= 0.3 is 5.97 Å². The van der Waals surface area contributed by atoms with Crippen molar-refractivity contribution in [2.45, 2.75) is 0 Å². The van der Waals surface area contributed by atoms with Crippen LogP contribution in [0.25, 0.3) is 0 Å². The van der Waals surface area contributed by atoms with E-state index < -0.39 is 24.4 Å². The van der Waals surface area contributed by atoms with Crippen molar-refractivity contribution in [1.82, 2.24) is 10.2 Å². The SMILES string of the molecule is O=C(O)COc1ccc(NC(=O)c2nnc(C(=O)Nc3ccccc3)s2)cc1. The topological polar surface area (TPSA) is 131 Å². The number of nitrogens with one attached hydrogen (secondary N) is 2. The lowest BCUT2D eigenvalue weighted by Gasteiger charge is -2.05. The highest BCUT2D eigenvalue weighted by Crippen LogP contribution is 2.18. The largest absolute Gasteiger partial charge is 0.482 e. The van der Waals surface area contributed by atoms with E-state index in [9.17, 15) is 14.4 Å². The van der Waals surface area contributed by atoms with Gasteiger partial charge in [-0.3, -0.25) is 9.59 Å². The second-order valence-corrected chi connectivity index (χ2v) is 6.37. The molecule has 0 aliphatic rings. The van der Waals surface area contributed by atoms with Crippen LogP contribution in [0.2, 0.25) is 0 Å². The third kappa shape index (κ3) is 5.11. The van der Waals surface area contributed by atoms with Crippen LogP contribution in [-0.2, 0) is 4.79 Å². The number of nitrogens with zero attached hydrogens (tertiary/aromatic N) is 2. The number of amides is 2. The van der Waals surface area contributed by atoms with Gasteiger partial charge in [-0.1, -0.05) is 29.5 Å². The molecule has 28 heavy (non-hydrogen) atoms. The van der Waals surface area contributed by atoms with E-state index in [0.717, 1.165) is 11.3 Å². The monoisotopic (exact) mass is 398 g/mol. The van der Waals surface area contributed by atoms with E-state index in [4.69, 9.17) is 9.84 Å². The Hall–Kier alpha value is -3.79. The Morgan fingerprint density at radius 2 is 1.39 bits per heavy atom. The van der Waals surface area contributed by atoms with E-state index in [1.54, 1.807) is 36.4 Å². The summed E-state index contributed by atoms with van der Waals surface area (Å²) >= 11 is 0.866. The molecule has 0 aliphatic heterocycles. The number of carbonyl (C=O) groups excluding carboxylic acids is 2. The molecule has 2 amide bonds. The van der Waals surface area contributed by atoms with Crippen LogP contribution >= 0.6 is 11.3 Å². The van der Waals surface area contributed by atoms with Crippen molar-refractivity contribution in [3.63, 3.8) is 0 Å². The maximum absolute atomic E-state index is 12.3. The molecule has 0 atom stereocenters. The number of anilines is 2. The van der Waals surface area contributed by atoms with Crippen LogP contribution in [-0.4, -0.2) is 39.7 Å². The van der Waals surface area contributed by atoms with Crippen LogP contribution in [0.4, 0.5) is 11.4 Å². The maximum atomic E-state index is 12.3. The fourth-order valence-corrected chi connectivity index (χ4v) is 2.71. The Bertz CT molecular complexity index is 989. The Morgan fingerprint density at radius 3 is 1.93 bits per heavy atom. The highest BCUT2D eigenvalue weighted by atomic mass is 32.1. The fraction of sp³-hybridized carbons (Fsp3) is 0.0556. The summed E-state index contributed by atoms with van der Waals surface area (Å²) in [5, 5.41) is 21.5. The van der Waals surface area contributed by atoms with Crippen LogP contribution < -0.4 is 15.4 Å². The molecule has 0 saturated carbocycles. The fourth-order valence-electron chi connectivity index (χ4n) is 2.08. The third-order valence-electron chi connectivity index (χ3n) is 3.32. The molecule has 0 saturated heterocycles. The smallest absolute Gasteiger partial charge is 0.341 e. The lowest BCUT2D eigenvalue weighted by Crippen LogP contribution is -2.12. The summed E-state index contributed by atoms with van der Waals surface area (Å²) in [4.78, 5) is 34.9. The van der Waals surface area contributed by atoms with E-state index in [1.807, 2.05) is 6.07 Å². The van der Waals surface area contributed by atoms with E-state index in [-0.39, 0.29) is 10.0 Å². The zero-order chi connectivity index (χ0) is 19.9. The highest BCUT2D eigenvalue weighted by Gasteiger charge is 2.18. The van der Waals surface area contributed by atoms with Crippen molar-refractivity contribution in [1.29, 1.82) is 0 Å². The van der Waals surface area contributed by atoms with Gasteiger partial charge in [0.2, 0.25) is 10.0 Å². The van der Waals surface area contributed by atoms with Gasteiger partial charge < -0.3 is 20.5 Å². The molecule has 0 aliphatic carbocycles. The van der Waals surface area contributed by atoms with Gasteiger partial charge in [0, 0.05) is 11.4 Å². The molecule has 142 valence electrons. The second kappa shape index (κ2) is 8.73. The molecule has 0 bridgehead atoms. The number of carbonyl (C=O) groups is 3. The van der Waals surface area contributed by atoms with Crippen LogP contribution in [0.3, 0.4) is 0 Å². The van der Waals surface area contributed by atoms with Gasteiger partial charge in [-0.25, -0.2) is 4.79 Å². The number of aromatic nitrogens is 2. The Kier molecular flexibility index (Phi) is 5.92. The average molecular weight is 398 g/mol. The minimum Gasteiger partial charge on any atom is -0.482 e. The standard InChI is InChI=1S/C18H14N4O5S/c23-14(24)10-27-13-8-6-12(7-9-13)20-16(26)18-22-21-17(28-18)15(25)19-11-4-2-1-3-5-11/h1-9H,10H2,(H,19,25)(H,20,26)(H,23,24). The zero-order valence-corrected chi connectivity index (χ0v) is 15.1. The quantitative estimate of drug-likeness (QED) is 0.557. The van der Waals surface area contributed by atoms with E-state index in [0.29, 0.717) is 17.1 Å². The van der Waals surface area contributed by atoms with Gasteiger partial charge in [0.15, 0.2) is 6.61 Å². The number of aliphatic carboxylic acids is 1. The first kappa shape index (κ1) is 19.0. The number of rotatable bonds is 7. The van der Waals surface area contributed by atoms with Crippen LogP contribution in [0.15, 0.2) is 54.6 Å². The first-order chi connectivity index (χ1) is 13.5. The number of para-hydroxylation sites is 1. The van der Waals surface area contributed by atoms with Crippen molar-refractivity contribution in [3.8, 4) is 5.75 Å². The predicted molar refractivity (Wildman–Crippen MR) is 102 cm³/mol. The van der Waals surface area contributed by atoms with E-state index in [1.165, 1.54) is 12.1 Å². The van der Waals surface area contributed by atoms with Gasteiger partial charge in [0.25, 0.3) is 11.8 Å². The first-order valence-corrected chi connectivity index (χ1v) is 8.79. The Balaban J connectivity index is 1.59. The molecule has 10 heteroatoms. The van der Waals surface area contributed by atoms with Gasteiger partial charge in [-0.2, -0.15) is 0 Å². The number of hydrogen-bond acceptors (Lipinski definition) is 7. The van der Waals surface area contributed by atoms with Gasteiger partial charge in [0.05, 0.1) is 0 Å². The average Bonchev–Trinajstić information content (AvgIpc) is 3.19. The first-order valence-electron chi connectivity index (χ1n) is 7.97. The summed E-state index contributed by atoms with van der Waals surface area (Å²) in [6.07, 6.45) is 0. The van der Waals surface area contributed by atoms with Gasteiger partial charge in [-0.05, 0) is 36.4 Å². The molecule has 2 aromatic carbocycles. The van der Waals surface area contributed by atoms with Crippen LogP contribution in [0, 0.1) is 0 Å². The molecule has 3 aromatic rings. The molecule has 0 radical (unpaired) electrons. The van der Waals surface area contributed by atoms with E-state index >= 15 is 0 Å². The summed E-state index contributed by atoms with van der Waals surface area (Å²) in [5.74, 6) is -1.70. The number of benzene rings is 2. The lowest BCUT2D eigenvalue weighted by atomic mass is 10.3. The van der Waals surface area contributed by atoms with Crippen LogP contribution in [0.5, 0.6) is 5.75 Å². The van der Waals surface area contributed by atoms with Gasteiger partial charge in [0.1, 0.15) is 5.75 Å². The second-order valence-electron chi connectivity index (χ2n) is 5.39. The van der Waals surface area contributed by atoms with E-state index in [2.05, 4.69) is 20.8 Å². The van der Waals surface area contributed by atoms with Crippen molar-refractivity contribution >= 4 is 40.5 Å². The predicted octanol–water partition coefficient (Wildman–Crippen LogP) is 2.51. The normalized spacial score (nSPS) is 10.1. The molecule has 0 unspecified atom stereocenters. The number of ether oxygens (including phenoxy) is 1. The molecule has 9 nitrogen and oxygen atoms in total. The number of hydrogen-bond donors (Lipinski definition) is 3. The Labute approximate surface area is 163 Å². The molecule has 3 rings (SSSR count). The maximum Gasteiger partial charge on any atom is 0.341 e. The number of carboxylic acids is 1. The Morgan fingerprint density at radius 1 is 0.857 bits per heavy atom. The lowest BCUT2D eigenvalue weighted by molar-refractivity contribution is -0.139. The van der Waals surface area contributed by atoms with Crippen molar-refractivity contribution in [2.75, 3.05) is 17.2 Å². The van der Waals surface area contributed by atoms with Crippen molar-refractivity contribution in [3.05, 3.63) is 64.6 Å². The minimum absolute atomic E-state index is 0.0319.